The lowest BCUT2D eigenvalue weighted by molar-refractivity contribution is -0.137. The van der Waals surface area contributed by atoms with Gasteiger partial charge in [0.25, 0.3) is 10.2 Å². The van der Waals surface area contributed by atoms with Crippen LogP contribution < -0.4 is 0 Å². The second kappa shape index (κ2) is 5.99. The molecule has 0 aromatic heterocycles. The Bertz CT molecular complexity index is 451. The van der Waals surface area contributed by atoms with Crippen LogP contribution in [0, 0.1) is 11.8 Å². The molecular formula is C13H24N2O4S. The highest BCUT2D eigenvalue weighted by Gasteiger charge is 2.42. The molecule has 2 rings (SSSR count). The van der Waals surface area contributed by atoms with Gasteiger partial charge >= 0.3 is 5.97 Å². The monoisotopic (exact) mass is 304 g/mol. The first-order chi connectivity index (χ1) is 9.30. The fourth-order valence-electron chi connectivity index (χ4n) is 3.00. The summed E-state index contributed by atoms with van der Waals surface area (Å²) in [6, 6.07) is 0.00638. The Morgan fingerprint density at radius 1 is 1.25 bits per heavy atom. The van der Waals surface area contributed by atoms with Crippen LogP contribution in [0.1, 0.15) is 39.5 Å². The second-order valence-electron chi connectivity index (χ2n) is 6.26. The number of carbonyl (C=O) groups is 1. The lowest BCUT2D eigenvalue weighted by atomic mass is 9.94. The Labute approximate surface area is 120 Å². The van der Waals surface area contributed by atoms with Gasteiger partial charge in [0.1, 0.15) is 0 Å². The van der Waals surface area contributed by atoms with Gasteiger partial charge in [0, 0.05) is 25.7 Å². The maximum Gasteiger partial charge on any atom is 0.304 e. The van der Waals surface area contributed by atoms with E-state index >= 15 is 0 Å². The molecule has 0 spiro atoms. The van der Waals surface area contributed by atoms with Gasteiger partial charge in [0.15, 0.2) is 0 Å². The van der Waals surface area contributed by atoms with Crippen molar-refractivity contribution < 1.29 is 18.3 Å². The Kier molecular flexibility index (Phi) is 4.71. The van der Waals surface area contributed by atoms with E-state index < -0.39 is 16.2 Å². The van der Waals surface area contributed by atoms with E-state index in [9.17, 15) is 13.2 Å². The van der Waals surface area contributed by atoms with Gasteiger partial charge in [-0.25, -0.2) is 0 Å². The maximum absolute atomic E-state index is 12.7. The zero-order valence-electron chi connectivity index (χ0n) is 12.2. The smallest absolute Gasteiger partial charge is 0.304 e. The molecule has 1 saturated carbocycles. The van der Waals surface area contributed by atoms with Crippen LogP contribution in [0.4, 0.5) is 0 Å². The van der Waals surface area contributed by atoms with E-state index in [1.165, 1.54) is 4.31 Å². The normalized spacial score (nSPS) is 28.8. The molecule has 0 radical (unpaired) electrons. The van der Waals surface area contributed by atoms with E-state index in [4.69, 9.17) is 5.11 Å². The summed E-state index contributed by atoms with van der Waals surface area (Å²) in [7, 11) is -3.52. The zero-order valence-corrected chi connectivity index (χ0v) is 13.0. The van der Waals surface area contributed by atoms with Crippen LogP contribution in [0.15, 0.2) is 0 Å². The third-order valence-corrected chi connectivity index (χ3v) is 5.98. The summed E-state index contributed by atoms with van der Waals surface area (Å²) in [5, 5.41) is 8.79. The fraction of sp³-hybridized carbons (Fsp3) is 0.923. The van der Waals surface area contributed by atoms with Gasteiger partial charge in [0.2, 0.25) is 0 Å². The molecule has 20 heavy (non-hydrogen) atoms. The molecule has 2 atom stereocenters. The number of hydrogen-bond acceptors (Lipinski definition) is 3. The highest BCUT2D eigenvalue weighted by atomic mass is 32.2. The van der Waals surface area contributed by atoms with Gasteiger partial charge in [0.05, 0.1) is 6.42 Å². The average Bonchev–Trinajstić information content (AvgIpc) is 3.11. The summed E-state index contributed by atoms with van der Waals surface area (Å²) >= 11 is 0. The average molecular weight is 304 g/mol. The van der Waals surface area contributed by atoms with E-state index in [1.54, 1.807) is 4.31 Å². The zero-order chi connectivity index (χ0) is 14.9. The lowest BCUT2D eigenvalue weighted by Gasteiger charge is -2.37. The fourth-order valence-corrected chi connectivity index (χ4v) is 5.09. The molecule has 1 heterocycles. The molecule has 6 nitrogen and oxygen atoms in total. The SMILES string of the molecule is CC1CC(C)CN(S(=O)(=O)N(CCC(=O)O)C2CC2)C1. The number of piperidine rings is 1. The molecule has 0 bridgehead atoms. The second-order valence-corrected chi connectivity index (χ2v) is 8.14. The molecule has 0 aromatic carbocycles. The first-order valence-corrected chi connectivity index (χ1v) is 8.69. The predicted octanol–water partition coefficient (Wildman–Crippen LogP) is 1.15. The number of nitrogens with zero attached hydrogens (tertiary/aromatic N) is 2. The Morgan fingerprint density at radius 3 is 2.25 bits per heavy atom. The number of hydrogen-bond donors (Lipinski definition) is 1. The lowest BCUT2D eigenvalue weighted by Crippen LogP contribution is -2.50. The largest absolute Gasteiger partial charge is 0.481 e. The highest BCUT2D eigenvalue weighted by molar-refractivity contribution is 7.86. The summed E-state index contributed by atoms with van der Waals surface area (Å²) in [4.78, 5) is 10.7. The van der Waals surface area contributed by atoms with Crippen molar-refractivity contribution >= 4 is 16.2 Å². The summed E-state index contributed by atoms with van der Waals surface area (Å²) < 4.78 is 28.4. The Morgan fingerprint density at radius 2 is 1.80 bits per heavy atom. The molecule has 0 aromatic rings. The molecule has 0 amide bonds. The standard InChI is InChI=1S/C13H24N2O4S/c1-10-7-11(2)9-14(8-10)20(18,19)15(12-3-4-12)6-5-13(16)17/h10-12H,3-9H2,1-2H3,(H,16,17). The molecular weight excluding hydrogens is 280 g/mol. The van der Waals surface area contributed by atoms with Crippen molar-refractivity contribution in [1.29, 1.82) is 0 Å². The third kappa shape index (κ3) is 3.71. The van der Waals surface area contributed by atoms with E-state index in [0.29, 0.717) is 24.9 Å². The van der Waals surface area contributed by atoms with Gasteiger partial charge in [-0.3, -0.25) is 4.79 Å². The van der Waals surface area contributed by atoms with Crippen LogP contribution in [0.2, 0.25) is 0 Å². The summed E-state index contributed by atoms with van der Waals surface area (Å²) in [5.41, 5.74) is 0. The molecule has 2 unspecified atom stereocenters. The molecule has 1 saturated heterocycles. The highest BCUT2D eigenvalue weighted by Crippen LogP contribution is 2.33. The molecule has 116 valence electrons. The minimum atomic E-state index is -3.52. The Balaban J connectivity index is 2.11. The van der Waals surface area contributed by atoms with Crippen molar-refractivity contribution in [3.8, 4) is 0 Å². The number of carboxylic acids is 1. The van der Waals surface area contributed by atoms with E-state index in [-0.39, 0.29) is 19.0 Å². The van der Waals surface area contributed by atoms with Crippen molar-refractivity contribution in [2.45, 2.75) is 45.6 Å². The van der Waals surface area contributed by atoms with E-state index in [0.717, 1.165) is 19.3 Å². The number of aliphatic carboxylic acids is 1. The van der Waals surface area contributed by atoms with Gasteiger partial charge in [-0.1, -0.05) is 13.8 Å². The van der Waals surface area contributed by atoms with Gasteiger partial charge < -0.3 is 5.11 Å². The minimum Gasteiger partial charge on any atom is -0.481 e. The molecule has 7 heteroatoms. The predicted molar refractivity (Wildman–Crippen MR) is 75.4 cm³/mol. The number of carboxylic acid groups (broad SMARTS) is 1. The van der Waals surface area contributed by atoms with Crippen molar-refractivity contribution in [1.82, 2.24) is 8.61 Å². The van der Waals surface area contributed by atoms with Crippen LogP contribution in [0.5, 0.6) is 0 Å². The summed E-state index contributed by atoms with van der Waals surface area (Å²) in [6.07, 6.45) is 2.61. The van der Waals surface area contributed by atoms with Gasteiger partial charge in [-0.15, -0.1) is 0 Å². The van der Waals surface area contributed by atoms with Crippen molar-refractivity contribution in [3.63, 3.8) is 0 Å². The van der Waals surface area contributed by atoms with Crippen LogP contribution in [0.25, 0.3) is 0 Å². The van der Waals surface area contributed by atoms with E-state index in [1.807, 2.05) is 0 Å². The maximum atomic E-state index is 12.7. The summed E-state index contributed by atoms with van der Waals surface area (Å²) in [5.74, 6) is -0.241. The van der Waals surface area contributed by atoms with Crippen molar-refractivity contribution in [3.05, 3.63) is 0 Å². The third-order valence-electron chi connectivity index (χ3n) is 3.96. The quantitative estimate of drug-likeness (QED) is 0.798. The molecule has 1 aliphatic carbocycles. The van der Waals surface area contributed by atoms with Crippen LogP contribution in [-0.4, -0.2) is 53.8 Å². The van der Waals surface area contributed by atoms with Gasteiger partial charge in [-0.05, 0) is 31.1 Å². The van der Waals surface area contributed by atoms with Crippen LogP contribution >= 0.6 is 0 Å². The van der Waals surface area contributed by atoms with Crippen LogP contribution in [0.3, 0.4) is 0 Å². The van der Waals surface area contributed by atoms with E-state index in [2.05, 4.69) is 13.8 Å². The van der Waals surface area contributed by atoms with Crippen molar-refractivity contribution in [2.24, 2.45) is 11.8 Å². The summed E-state index contributed by atoms with van der Waals surface area (Å²) in [6.45, 7) is 5.31. The van der Waals surface area contributed by atoms with Crippen LogP contribution in [-0.2, 0) is 15.0 Å². The minimum absolute atomic E-state index is 0.00638. The Hall–Kier alpha value is -0.660. The molecule has 2 fully saturated rings. The molecule has 2 aliphatic rings. The first-order valence-electron chi connectivity index (χ1n) is 7.29. The number of rotatable bonds is 6. The van der Waals surface area contributed by atoms with Crippen molar-refractivity contribution in [2.75, 3.05) is 19.6 Å². The molecule has 1 aliphatic heterocycles. The topological polar surface area (TPSA) is 77.9 Å². The molecule has 1 N–H and O–H groups in total. The first kappa shape index (κ1) is 15.7. The van der Waals surface area contributed by atoms with Gasteiger partial charge in [-0.2, -0.15) is 17.0 Å².